The Bertz CT molecular complexity index is 960. The lowest BCUT2D eigenvalue weighted by Crippen LogP contribution is -2.08. The van der Waals surface area contributed by atoms with E-state index in [0.29, 0.717) is 11.3 Å². The van der Waals surface area contributed by atoms with Gasteiger partial charge in [0.05, 0.1) is 17.9 Å². The summed E-state index contributed by atoms with van der Waals surface area (Å²) >= 11 is 0. The maximum Gasteiger partial charge on any atom is 0.343 e. The van der Waals surface area contributed by atoms with Crippen molar-refractivity contribution in [3.8, 4) is 11.5 Å². The Labute approximate surface area is 171 Å². The maximum atomic E-state index is 12.3. The molecule has 0 spiro atoms. The van der Waals surface area contributed by atoms with Crippen LogP contribution < -0.4 is 9.47 Å². The molecule has 29 heavy (non-hydrogen) atoms. The molecule has 0 radical (unpaired) electrons. The summed E-state index contributed by atoms with van der Waals surface area (Å²) in [5.41, 5.74) is 3.27. The summed E-state index contributed by atoms with van der Waals surface area (Å²) in [6, 6.07) is 22.3. The third kappa shape index (κ3) is 6.32. The fraction of sp³-hybridized carbons (Fsp3) is 0.200. The molecular formula is C25H25NO3. The molecule has 0 aliphatic heterocycles. The molecule has 0 aromatic heterocycles. The zero-order valence-electron chi connectivity index (χ0n) is 16.8. The van der Waals surface area contributed by atoms with E-state index in [0.717, 1.165) is 42.0 Å². The van der Waals surface area contributed by atoms with Crippen LogP contribution >= 0.6 is 0 Å². The van der Waals surface area contributed by atoms with Crippen LogP contribution in [0, 0.1) is 6.92 Å². The Morgan fingerprint density at radius 2 is 1.72 bits per heavy atom. The smallest absolute Gasteiger partial charge is 0.343 e. The molecule has 0 unspecified atom stereocenters. The van der Waals surface area contributed by atoms with E-state index < -0.39 is 0 Å². The van der Waals surface area contributed by atoms with Gasteiger partial charge >= 0.3 is 5.97 Å². The van der Waals surface area contributed by atoms with Crippen molar-refractivity contribution in [3.63, 3.8) is 0 Å². The van der Waals surface area contributed by atoms with E-state index >= 15 is 0 Å². The highest BCUT2D eigenvalue weighted by molar-refractivity contribution is 5.91. The van der Waals surface area contributed by atoms with Gasteiger partial charge in [-0.05, 0) is 85.1 Å². The number of hydrogen-bond donors (Lipinski definition) is 0. The molecule has 0 amide bonds. The number of carbonyl (C=O) groups excluding carboxylic acids is 1. The summed E-state index contributed by atoms with van der Waals surface area (Å²) in [7, 11) is 0. The minimum Gasteiger partial charge on any atom is -0.494 e. The van der Waals surface area contributed by atoms with Crippen LogP contribution in [0.25, 0.3) is 0 Å². The van der Waals surface area contributed by atoms with Gasteiger partial charge < -0.3 is 9.47 Å². The van der Waals surface area contributed by atoms with Crippen molar-refractivity contribution in [2.75, 3.05) is 6.61 Å². The van der Waals surface area contributed by atoms with Crippen molar-refractivity contribution in [2.45, 2.75) is 26.7 Å². The summed E-state index contributed by atoms with van der Waals surface area (Å²) in [5.74, 6) is 1.02. The van der Waals surface area contributed by atoms with Crippen LogP contribution in [0.1, 0.15) is 41.3 Å². The lowest BCUT2D eigenvalue weighted by Gasteiger charge is -2.05. The highest BCUT2D eigenvalue weighted by Gasteiger charge is 2.08. The second-order valence-electron chi connectivity index (χ2n) is 6.78. The van der Waals surface area contributed by atoms with Gasteiger partial charge in [0.15, 0.2) is 0 Å². The third-order valence-electron chi connectivity index (χ3n) is 4.31. The van der Waals surface area contributed by atoms with E-state index in [4.69, 9.17) is 9.47 Å². The Kier molecular flexibility index (Phi) is 7.17. The van der Waals surface area contributed by atoms with Gasteiger partial charge in [-0.25, -0.2) is 4.79 Å². The Balaban J connectivity index is 1.57. The number of aryl methyl sites for hydroxylation is 1. The molecule has 0 saturated carbocycles. The van der Waals surface area contributed by atoms with Crippen molar-refractivity contribution in [2.24, 2.45) is 4.99 Å². The minimum absolute atomic E-state index is 0.384. The lowest BCUT2D eigenvalue weighted by molar-refractivity contribution is 0.0735. The monoisotopic (exact) mass is 387 g/mol. The van der Waals surface area contributed by atoms with Crippen LogP contribution in [0.3, 0.4) is 0 Å². The van der Waals surface area contributed by atoms with Gasteiger partial charge in [-0.2, -0.15) is 0 Å². The third-order valence-corrected chi connectivity index (χ3v) is 4.31. The van der Waals surface area contributed by atoms with Crippen molar-refractivity contribution < 1.29 is 14.3 Å². The van der Waals surface area contributed by atoms with Gasteiger partial charge in [0.2, 0.25) is 0 Å². The molecule has 148 valence electrons. The van der Waals surface area contributed by atoms with E-state index in [-0.39, 0.29) is 5.97 Å². The predicted octanol–water partition coefficient (Wildman–Crippen LogP) is 6.14. The number of nitrogens with zero attached hydrogens (tertiary/aromatic N) is 1. The zero-order chi connectivity index (χ0) is 20.5. The van der Waals surface area contributed by atoms with Crippen molar-refractivity contribution in [1.29, 1.82) is 0 Å². The first-order chi connectivity index (χ1) is 14.1. The second-order valence-corrected chi connectivity index (χ2v) is 6.78. The molecule has 0 saturated heterocycles. The van der Waals surface area contributed by atoms with Crippen molar-refractivity contribution in [1.82, 2.24) is 0 Å². The Hall–Kier alpha value is -3.40. The molecule has 0 N–H and O–H groups in total. The normalized spacial score (nSPS) is 10.8. The molecule has 0 bridgehead atoms. The first-order valence-corrected chi connectivity index (χ1v) is 9.80. The van der Waals surface area contributed by atoms with Gasteiger partial charge in [0, 0.05) is 6.21 Å². The standard InChI is InChI=1S/C25H25NO3/c1-3-4-16-28-23-14-8-20(9-15-23)18-26-22-12-10-21(11-13-22)25(27)29-24-7-5-6-19(2)17-24/h5-15,17-18H,3-4,16H2,1-2H3. The fourth-order valence-corrected chi connectivity index (χ4v) is 2.66. The summed E-state index contributed by atoms with van der Waals surface area (Å²) < 4.78 is 11.1. The SMILES string of the molecule is CCCCOc1ccc(C=Nc2ccc(C(=O)Oc3cccc(C)c3)cc2)cc1. The van der Waals surface area contributed by atoms with Crippen LogP contribution in [0.2, 0.25) is 0 Å². The molecule has 0 aliphatic carbocycles. The van der Waals surface area contributed by atoms with E-state index in [1.54, 1.807) is 36.5 Å². The van der Waals surface area contributed by atoms with Crippen molar-refractivity contribution in [3.05, 3.63) is 89.5 Å². The number of aliphatic imine (C=N–C) groups is 1. The van der Waals surface area contributed by atoms with Gasteiger partial charge in [-0.3, -0.25) is 4.99 Å². The number of hydrogen-bond acceptors (Lipinski definition) is 4. The molecular weight excluding hydrogens is 362 g/mol. The average Bonchev–Trinajstić information content (AvgIpc) is 2.74. The van der Waals surface area contributed by atoms with Gasteiger partial charge in [-0.1, -0.05) is 25.5 Å². The van der Waals surface area contributed by atoms with Gasteiger partial charge in [0.25, 0.3) is 0 Å². The number of rotatable bonds is 8. The second kappa shape index (κ2) is 10.2. The quantitative estimate of drug-likeness (QED) is 0.202. The van der Waals surface area contributed by atoms with Crippen molar-refractivity contribution >= 4 is 17.9 Å². The van der Waals surface area contributed by atoms with Crippen LogP contribution in [-0.4, -0.2) is 18.8 Å². The maximum absolute atomic E-state index is 12.3. The number of unbranched alkanes of at least 4 members (excludes halogenated alkanes) is 1. The molecule has 3 aromatic rings. The Morgan fingerprint density at radius 3 is 2.41 bits per heavy atom. The van der Waals surface area contributed by atoms with Gasteiger partial charge in [0.1, 0.15) is 11.5 Å². The molecule has 3 rings (SSSR count). The largest absolute Gasteiger partial charge is 0.494 e. The first-order valence-electron chi connectivity index (χ1n) is 9.80. The molecule has 0 heterocycles. The lowest BCUT2D eigenvalue weighted by atomic mass is 10.2. The van der Waals surface area contributed by atoms with E-state index in [9.17, 15) is 4.79 Å². The van der Waals surface area contributed by atoms with Gasteiger partial charge in [-0.15, -0.1) is 0 Å². The molecule has 0 fully saturated rings. The Morgan fingerprint density at radius 1 is 0.966 bits per heavy atom. The van der Waals surface area contributed by atoms with Crippen LogP contribution in [0.4, 0.5) is 5.69 Å². The number of esters is 1. The van der Waals surface area contributed by atoms with E-state index in [1.165, 1.54) is 0 Å². The zero-order valence-corrected chi connectivity index (χ0v) is 16.8. The summed E-state index contributed by atoms with van der Waals surface area (Å²) in [6.07, 6.45) is 3.96. The predicted molar refractivity (Wildman–Crippen MR) is 117 cm³/mol. The number of carbonyl (C=O) groups is 1. The van der Waals surface area contributed by atoms with Crippen LogP contribution in [0.15, 0.2) is 77.8 Å². The van der Waals surface area contributed by atoms with E-state index in [2.05, 4.69) is 11.9 Å². The highest BCUT2D eigenvalue weighted by Crippen LogP contribution is 2.18. The number of benzene rings is 3. The fourth-order valence-electron chi connectivity index (χ4n) is 2.66. The average molecular weight is 387 g/mol. The van der Waals surface area contributed by atoms with Crippen LogP contribution in [0.5, 0.6) is 11.5 Å². The minimum atomic E-state index is -0.384. The summed E-state index contributed by atoms with van der Waals surface area (Å²) in [5, 5.41) is 0. The molecule has 4 nitrogen and oxygen atoms in total. The first kappa shape index (κ1) is 20.3. The summed E-state index contributed by atoms with van der Waals surface area (Å²) in [6.45, 7) is 4.84. The molecule has 0 atom stereocenters. The topological polar surface area (TPSA) is 47.9 Å². The number of ether oxygens (including phenoxy) is 2. The highest BCUT2D eigenvalue weighted by atomic mass is 16.5. The molecule has 4 heteroatoms. The summed E-state index contributed by atoms with van der Waals surface area (Å²) in [4.78, 5) is 16.7. The van der Waals surface area contributed by atoms with Crippen LogP contribution in [-0.2, 0) is 0 Å². The van der Waals surface area contributed by atoms with E-state index in [1.807, 2.05) is 49.4 Å². The molecule has 0 aliphatic rings. The molecule has 3 aromatic carbocycles.